The Morgan fingerprint density at radius 3 is 2.50 bits per heavy atom. The van der Waals surface area contributed by atoms with Crippen molar-refractivity contribution in [3.8, 4) is 0 Å². The second-order valence-electron chi connectivity index (χ2n) is 4.85. The first-order chi connectivity index (χ1) is 11.4. The number of Topliss-reactive ketones (excluding diaryl/α,β-unsaturated/α-hetero) is 1. The molecule has 2 aromatic carbocycles. The molecule has 124 valence electrons. The van der Waals surface area contributed by atoms with Crippen molar-refractivity contribution in [2.24, 2.45) is 0 Å². The molecule has 0 spiro atoms. The quantitative estimate of drug-likeness (QED) is 0.622. The van der Waals surface area contributed by atoms with Crippen LogP contribution in [0.5, 0.6) is 0 Å². The van der Waals surface area contributed by atoms with E-state index in [0.29, 0.717) is 15.7 Å². The lowest BCUT2D eigenvalue weighted by Gasteiger charge is -2.09. The second-order valence-corrected chi connectivity index (χ2v) is 5.77. The predicted octanol–water partition coefficient (Wildman–Crippen LogP) is 3.59. The Hall–Kier alpha value is -2.54. The van der Waals surface area contributed by atoms with Crippen LogP contribution in [0, 0.1) is 5.82 Å². The number of carbonyl (C=O) groups excluding carboxylic acids is 3. The molecule has 24 heavy (non-hydrogen) atoms. The summed E-state index contributed by atoms with van der Waals surface area (Å²) in [4.78, 5) is 35.1. The van der Waals surface area contributed by atoms with Crippen molar-refractivity contribution < 1.29 is 23.5 Å². The van der Waals surface area contributed by atoms with Crippen LogP contribution in [0.4, 0.5) is 10.1 Å². The number of benzene rings is 2. The molecule has 0 atom stereocenters. The third-order valence-corrected chi connectivity index (χ3v) is 3.56. The van der Waals surface area contributed by atoms with Crippen LogP contribution in [0.2, 0.25) is 0 Å². The molecule has 7 heteroatoms. The maximum Gasteiger partial charge on any atom is 0.341 e. The third-order valence-electron chi connectivity index (χ3n) is 3.07. The summed E-state index contributed by atoms with van der Waals surface area (Å²) in [5, 5.41) is 2.48. The number of amides is 1. The lowest BCUT2D eigenvalue weighted by Crippen LogP contribution is -2.22. The minimum absolute atomic E-state index is 0.208. The van der Waals surface area contributed by atoms with E-state index in [1.54, 1.807) is 24.3 Å². The zero-order valence-electron chi connectivity index (χ0n) is 12.6. The van der Waals surface area contributed by atoms with E-state index in [0.717, 1.165) is 6.07 Å². The molecule has 1 N–H and O–H groups in total. The fourth-order valence-electron chi connectivity index (χ4n) is 1.95. The normalized spacial score (nSPS) is 10.1. The number of rotatable bonds is 5. The first-order valence-corrected chi connectivity index (χ1v) is 7.70. The fourth-order valence-corrected chi connectivity index (χ4v) is 2.28. The van der Waals surface area contributed by atoms with Gasteiger partial charge in [0.25, 0.3) is 5.91 Å². The van der Waals surface area contributed by atoms with Gasteiger partial charge in [0.2, 0.25) is 0 Å². The van der Waals surface area contributed by atoms with E-state index in [-0.39, 0.29) is 11.3 Å². The zero-order chi connectivity index (χ0) is 17.7. The van der Waals surface area contributed by atoms with Gasteiger partial charge in [0.05, 0.1) is 11.3 Å². The maximum atomic E-state index is 13.6. The van der Waals surface area contributed by atoms with Crippen LogP contribution in [0.25, 0.3) is 0 Å². The number of anilines is 1. The van der Waals surface area contributed by atoms with Crippen molar-refractivity contribution in [2.45, 2.75) is 6.92 Å². The summed E-state index contributed by atoms with van der Waals surface area (Å²) in [5.74, 6) is -2.54. The van der Waals surface area contributed by atoms with Crippen LogP contribution < -0.4 is 5.32 Å². The van der Waals surface area contributed by atoms with Gasteiger partial charge in [-0.15, -0.1) is 0 Å². The van der Waals surface area contributed by atoms with Gasteiger partial charge in [-0.2, -0.15) is 0 Å². The van der Waals surface area contributed by atoms with Gasteiger partial charge in [0.1, 0.15) is 5.82 Å². The monoisotopic (exact) mass is 393 g/mol. The molecule has 0 saturated heterocycles. The molecule has 0 aliphatic heterocycles. The summed E-state index contributed by atoms with van der Waals surface area (Å²) in [7, 11) is 0. The molecule has 2 rings (SSSR count). The number of carbonyl (C=O) groups is 3. The Morgan fingerprint density at radius 2 is 1.83 bits per heavy atom. The van der Waals surface area contributed by atoms with Crippen LogP contribution in [-0.4, -0.2) is 24.3 Å². The van der Waals surface area contributed by atoms with E-state index < -0.39 is 24.3 Å². The highest BCUT2D eigenvalue weighted by Crippen LogP contribution is 2.17. The molecule has 0 unspecified atom stereocenters. The fraction of sp³-hybridized carbons (Fsp3) is 0.118. The molecule has 0 heterocycles. The molecular weight excluding hydrogens is 381 g/mol. The lowest BCUT2D eigenvalue weighted by atomic mass is 10.1. The van der Waals surface area contributed by atoms with Crippen LogP contribution in [-0.2, 0) is 9.53 Å². The Kier molecular flexibility index (Phi) is 5.81. The highest BCUT2D eigenvalue weighted by Gasteiger charge is 2.16. The van der Waals surface area contributed by atoms with E-state index in [1.807, 2.05) is 0 Å². The summed E-state index contributed by atoms with van der Waals surface area (Å²) in [5.41, 5.74) is 0.395. The van der Waals surface area contributed by atoms with Crippen molar-refractivity contribution in [2.75, 3.05) is 11.9 Å². The lowest BCUT2D eigenvalue weighted by molar-refractivity contribution is -0.119. The molecule has 0 aliphatic rings. The van der Waals surface area contributed by atoms with Gasteiger partial charge in [-0.3, -0.25) is 9.59 Å². The second kappa shape index (κ2) is 7.83. The molecule has 0 saturated carbocycles. The minimum atomic E-state index is -0.949. The van der Waals surface area contributed by atoms with E-state index in [9.17, 15) is 18.8 Å². The Morgan fingerprint density at radius 1 is 1.12 bits per heavy atom. The summed E-state index contributed by atoms with van der Waals surface area (Å²) >= 11 is 3.08. The van der Waals surface area contributed by atoms with Gasteiger partial charge in [-0.1, -0.05) is 28.1 Å². The van der Waals surface area contributed by atoms with Gasteiger partial charge in [0, 0.05) is 10.0 Å². The maximum absolute atomic E-state index is 13.6. The van der Waals surface area contributed by atoms with Crippen molar-refractivity contribution in [1.82, 2.24) is 0 Å². The molecule has 0 fully saturated rings. The average molecular weight is 394 g/mol. The molecule has 0 radical (unpaired) electrons. The average Bonchev–Trinajstić information content (AvgIpc) is 2.53. The Balaban J connectivity index is 1.99. The van der Waals surface area contributed by atoms with Crippen LogP contribution in [0.1, 0.15) is 27.6 Å². The van der Waals surface area contributed by atoms with Crippen molar-refractivity contribution in [3.63, 3.8) is 0 Å². The van der Waals surface area contributed by atoms with Gasteiger partial charge in [0.15, 0.2) is 12.4 Å². The van der Waals surface area contributed by atoms with Gasteiger partial charge >= 0.3 is 5.97 Å². The Labute approximate surface area is 145 Å². The smallest absolute Gasteiger partial charge is 0.341 e. The first kappa shape index (κ1) is 17.8. The van der Waals surface area contributed by atoms with Gasteiger partial charge in [-0.05, 0) is 37.3 Å². The molecule has 5 nitrogen and oxygen atoms in total. The largest absolute Gasteiger partial charge is 0.452 e. The third kappa shape index (κ3) is 4.48. The molecule has 0 aliphatic carbocycles. The number of esters is 1. The first-order valence-electron chi connectivity index (χ1n) is 6.90. The summed E-state index contributed by atoms with van der Waals surface area (Å²) in [6.07, 6.45) is 0. The van der Waals surface area contributed by atoms with Crippen molar-refractivity contribution >= 4 is 39.3 Å². The summed E-state index contributed by atoms with van der Waals surface area (Å²) in [6.45, 7) is 0.780. The number of hydrogen-bond acceptors (Lipinski definition) is 4. The van der Waals surface area contributed by atoms with Crippen LogP contribution >= 0.6 is 15.9 Å². The highest BCUT2D eigenvalue weighted by atomic mass is 79.9. The zero-order valence-corrected chi connectivity index (χ0v) is 14.2. The predicted molar refractivity (Wildman–Crippen MR) is 89.5 cm³/mol. The molecule has 2 aromatic rings. The number of halogens is 2. The number of ether oxygens (including phenoxy) is 1. The molecule has 0 aromatic heterocycles. The molecule has 0 bridgehead atoms. The molecular formula is C17H13BrFNO4. The van der Waals surface area contributed by atoms with Gasteiger partial charge in [-0.25, -0.2) is 9.18 Å². The number of hydrogen-bond donors (Lipinski definition) is 1. The standard InChI is InChI=1S/C17H13BrFNO4/c1-10(21)12-4-2-3-5-15(12)20-16(22)9-24-17(23)13-7-6-11(18)8-14(13)19/h2-8H,9H2,1H3,(H,20,22). The summed E-state index contributed by atoms with van der Waals surface area (Å²) in [6, 6.07) is 10.3. The number of para-hydroxylation sites is 1. The minimum Gasteiger partial charge on any atom is -0.452 e. The van der Waals surface area contributed by atoms with E-state index in [2.05, 4.69) is 21.2 Å². The number of ketones is 1. The summed E-state index contributed by atoms with van der Waals surface area (Å²) < 4.78 is 18.9. The van der Waals surface area contributed by atoms with Crippen LogP contribution in [0.15, 0.2) is 46.9 Å². The number of nitrogens with one attached hydrogen (secondary N) is 1. The topological polar surface area (TPSA) is 72.5 Å². The Bertz CT molecular complexity index is 807. The van der Waals surface area contributed by atoms with Crippen LogP contribution in [0.3, 0.4) is 0 Å². The SMILES string of the molecule is CC(=O)c1ccccc1NC(=O)COC(=O)c1ccc(Br)cc1F. The molecule has 1 amide bonds. The van der Waals surface area contributed by atoms with Gasteiger partial charge < -0.3 is 10.1 Å². The van der Waals surface area contributed by atoms with E-state index >= 15 is 0 Å². The van der Waals surface area contributed by atoms with E-state index in [4.69, 9.17) is 4.74 Å². The highest BCUT2D eigenvalue weighted by molar-refractivity contribution is 9.10. The van der Waals surface area contributed by atoms with E-state index in [1.165, 1.54) is 19.1 Å². The van der Waals surface area contributed by atoms with Crippen molar-refractivity contribution in [1.29, 1.82) is 0 Å². The van der Waals surface area contributed by atoms with Crippen molar-refractivity contribution in [3.05, 3.63) is 63.9 Å².